The molecular weight excluding hydrogens is 358 g/mol. The molecule has 0 aliphatic rings. The van der Waals surface area contributed by atoms with E-state index in [2.05, 4.69) is 23.2 Å². The van der Waals surface area contributed by atoms with Crippen LogP contribution in [0.25, 0.3) is 5.69 Å². The van der Waals surface area contributed by atoms with Crippen molar-refractivity contribution in [2.45, 2.75) is 27.7 Å². The van der Waals surface area contributed by atoms with Gasteiger partial charge >= 0.3 is 5.82 Å². The summed E-state index contributed by atoms with van der Waals surface area (Å²) in [6.07, 6.45) is 1.31. The Balaban J connectivity index is 1.87. The molecule has 7 heteroatoms. The first-order chi connectivity index (χ1) is 13.3. The van der Waals surface area contributed by atoms with Crippen molar-refractivity contribution in [3.63, 3.8) is 0 Å². The number of rotatable bonds is 6. The molecule has 2 aromatic heterocycles. The Bertz CT molecular complexity index is 1050. The maximum Gasteiger partial charge on any atom is 0.406 e. The topological polar surface area (TPSA) is 87.3 Å². The van der Waals surface area contributed by atoms with Crippen molar-refractivity contribution in [3.8, 4) is 11.4 Å². The number of ketones is 1. The quantitative estimate of drug-likeness (QED) is 0.362. The number of aromatic nitrogens is 2. The zero-order chi connectivity index (χ0) is 20.4. The molecule has 2 heterocycles. The van der Waals surface area contributed by atoms with E-state index in [0.29, 0.717) is 5.56 Å². The van der Waals surface area contributed by atoms with E-state index in [4.69, 9.17) is 4.74 Å². The van der Waals surface area contributed by atoms with E-state index in [1.165, 1.54) is 18.3 Å². The summed E-state index contributed by atoms with van der Waals surface area (Å²) in [5.41, 5.74) is 5.54. The second-order valence-corrected chi connectivity index (χ2v) is 6.76. The summed E-state index contributed by atoms with van der Waals surface area (Å²) in [5, 5.41) is 11.0. The van der Waals surface area contributed by atoms with Gasteiger partial charge in [0.25, 0.3) is 0 Å². The van der Waals surface area contributed by atoms with Crippen molar-refractivity contribution in [1.82, 2.24) is 9.55 Å². The average molecular weight is 379 g/mol. The minimum Gasteiger partial charge on any atom is -0.477 e. The van der Waals surface area contributed by atoms with E-state index in [0.717, 1.165) is 28.2 Å². The summed E-state index contributed by atoms with van der Waals surface area (Å²) < 4.78 is 7.43. The van der Waals surface area contributed by atoms with E-state index in [1.807, 2.05) is 38.3 Å². The lowest BCUT2D eigenvalue weighted by Gasteiger charge is -2.12. The summed E-state index contributed by atoms with van der Waals surface area (Å²) in [6, 6.07) is 11.0. The Kier molecular flexibility index (Phi) is 5.26. The molecule has 0 aliphatic heterocycles. The third kappa shape index (κ3) is 3.78. The van der Waals surface area contributed by atoms with Crippen LogP contribution in [0.15, 0.2) is 42.6 Å². The van der Waals surface area contributed by atoms with Gasteiger partial charge in [0.15, 0.2) is 6.61 Å². The van der Waals surface area contributed by atoms with Crippen LogP contribution < -0.4 is 4.74 Å². The Morgan fingerprint density at radius 3 is 2.46 bits per heavy atom. The molecule has 0 spiro atoms. The smallest absolute Gasteiger partial charge is 0.406 e. The molecule has 0 bridgehead atoms. The standard InChI is InChI=1S/C21H21N3O4/c1-13-8-14(2)10-17(9-13)23-15(3)11-18(16(23)4)19(25)12-28-20-6-5-7-22-21(20)24(26)27/h5-11H,12H2,1-4H3. The number of carbonyl (C=O) groups is 1. The molecular formula is C21H21N3O4. The highest BCUT2D eigenvalue weighted by atomic mass is 16.6. The van der Waals surface area contributed by atoms with E-state index in [-0.39, 0.29) is 18.1 Å². The number of hydrogen-bond acceptors (Lipinski definition) is 5. The van der Waals surface area contributed by atoms with Gasteiger partial charge < -0.3 is 19.4 Å². The first kappa shape index (κ1) is 19.3. The fourth-order valence-electron chi connectivity index (χ4n) is 3.38. The molecule has 1 aromatic carbocycles. The van der Waals surface area contributed by atoms with Gasteiger partial charge in [-0.05, 0) is 79.1 Å². The molecule has 7 nitrogen and oxygen atoms in total. The zero-order valence-corrected chi connectivity index (χ0v) is 16.2. The largest absolute Gasteiger partial charge is 0.477 e. The van der Waals surface area contributed by atoms with Crippen LogP contribution in [0.2, 0.25) is 0 Å². The number of ether oxygens (including phenoxy) is 1. The van der Waals surface area contributed by atoms with Gasteiger partial charge in [-0.3, -0.25) is 4.79 Å². The van der Waals surface area contributed by atoms with Crippen LogP contribution in [0.3, 0.4) is 0 Å². The lowest BCUT2D eigenvalue weighted by Crippen LogP contribution is -2.13. The Morgan fingerprint density at radius 2 is 1.82 bits per heavy atom. The van der Waals surface area contributed by atoms with E-state index in [9.17, 15) is 14.9 Å². The minimum atomic E-state index is -0.633. The lowest BCUT2D eigenvalue weighted by atomic mass is 10.1. The molecule has 0 aliphatic carbocycles. The second-order valence-electron chi connectivity index (χ2n) is 6.76. The summed E-state index contributed by atoms with van der Waals surface area (Å²) in [4.78, 5) is 26.8. The van der Waals surface area contributed by atoms with Crippen LogP contribution in [0.5, 0.6) is 5.75 Å². The molecule has 3 rings (SSSR count). The monoisotopic (exact) mass is 379 g/mol. The van der Waals surface area contributed by atoms with Gasteiger partial charge in [0.1, 0.15) is 6.20 Å². The van der Waals surface area contributed by atoms with Crippen LogP contribution in [-0.4, -0.2) is 26.9 Å². The molecule has 0 unspecified atom stereocenters. The summed E-state index contributed by atoms with van der Waals surface area (Å²) in [6.45, 7) is 7.58. The van der Waals surface area contributed by atoms with Crippen molar-refractivity contribution < 1.29 is 14.5 Å². The van der Waals surface area contributed by atoms with Crippen LogP contribution in [0, 0.1) is 37.8 Å². The molecule has 144 valence electrons. The van der Waals surface area contributed by atoms with E-state index in [1.54, 1.807) is 0 Å². The molecule has 0 atom stereocenters. The highest BCUT2D eigenvalue weighted by Crippen LogP contribution is 2.25. The van der Waals surface area contributed by atoms with Gasteiger partial charge in [-0.1, -0.05) is 6.07 Å². The Hall–Kier alpha value is -3.48. The first-order valence-corrected chi connectivity index (χ1v) is 8.81. The normalized spacial score (nSPS) is 10.7. The first-order valence-electron chi connectivity index (χ1n) is 8.81. The molecule has 28 heavy (non-hydrogen) atoms. The van der Waals surface area contributed by atoms with Crippen LogP contribution in [0.1, 0.15) is 32.9 Å². The molecule has 3 aromatic rings. The number of nitrogens with zero attached hydrogens (tertiary/aromatic N) is 3. The van der Waals surface area contributed by atoms with Crippen LogP contribution in [-0.2, 0) is 0 Å². The van der Waals surface area contributed by atoms with Gasteiger partial charge in [-0.25, -0.2) is 0 Å². The number of hydrogen-bond donors (Lipinski definition) is 0. The third-order valence-corrected chi connectivity index (χ3v) is 4.48. The second kappa shape index (κ2) is 7.64. The van der Waals surface area contributed by atoms with E-state index < -0.39 is 10.7 Å². The van der Waals surface area contributed by atoms with Crippen molar-refractivity contribution >= 4 is 11.6 Å². The minimum absolute atomic E-state index is 0.0241. The highest BCUT2D eigenvalue weighted by molar-refractivity contribution is 5.98. The SMILES string of the molecule is Cc1cc(C)cc(-n2c(C)cc(C(=O)COc3cccnc3[N+](=O)[O-])c2C)c1. The van der Waals surface area contributed by atoms with E-state index >= 15 is 0 Å². The third-order valence-electron chi connectivity index (χ3n) is 4.48. The molecule has 0 radical (unpaired) electrons. The van der Waals surface area contributed by atoms with Gasteiger partial charge in [-0.15, -0.1) is 0 Å². The number of aryl methyl sites for hydroxylation is 3. The molecule has 0 saturated heterocycles. The fraction of sp³-hybridized carbons (Fsp3) is 0.238. The van der Waals surface area contributed by atoms with Gasteiger partial charge in [0.2, 0.25) is 11.5 Å². The molecule has 0 N–H and O–H groups in total. The number of nitro groups is 1. The number of Topliss-reactive ketones (excluding diaryl/α,β-unsaturated/α-hetero) is 1. The Morgan fingerprint density at radius 1 is 1.14 bits per heavy atom. The van der Waals surface area contributed by atoms with Gasteiger partial charge in [0.05, 0.1) is 0 Å². The number of pyridine rings is 1. The number of benzene rings is 1. The molecule has 0 fully saturated rings. The Labute approximate surface area is 162 Å². The lowest BCUT2D eigenvalue weighted by molar-refractivity contribution is -0.390. The number of carbonyl (C=O) groups excluding carboxylic acids is 1. The zero-order valence-electron chi connectivity index (χ0n) is 16.2. The molecule has 0 amide bonds. The van der Waals surface area contributed by atoms with Crippen LogP contribution in [0.4, 0.5) is 5.82 Å². The van der Waals surface area contributed by atoms with Crippen molar-refractivity contribution in [1.29, 1.82) is 0 Å². The van der Waals surface area contributed by atoms with Gasteiger partial charge in [-0.2, -0.15) is 0 Å². The fourth-order valence-corrected chi connectivity index (χ4v) is 3.38. The summed E-state index contributed by atoms with van der Waals surface area (Å²) in [5.74, 6) is -0.679. The predicted molar refractivity (Wildman–Crippen MR) is 105 cm³/mol. The summed E-state index contributed by atoms with van der Waals surface area (Å²) >= 11 is 0. The summed E-state index contributed by atoms with van der Waals surface area (Å²) in [7, 11) is 0. The van der Waals surface area contributed by atoms with Crippen molar-refractivity contribution in [2.75, 3.05) is 6.61 Å². The predicted octanol–water partition coefficient (Wildman–Crippen LogP) is 4.28. The van der Waals surface area contributed by atoms with Gasteiger partial charge in [0, 0.05) is 22.6 Å². The van der Waals surface area contributed by atoms with Crippen molar-refractivity contribution in [3.05, 3.63) is 80.8 Å². The highest BCUT2D eigenvalue weighted by Gasteiger charge is 2.20. The maximum absolute atomic E-state index is 12.7. The maximum atomic E-state index is 12.7. The molecule has 0 saturated carbocycles. The van der Waals surface area contributed by atoms with Crippen LogP contribution >= 0.6 is 0 Å². The average Bonchev–Trinajstić information content (AvgIpc) is 2.93. The van der Waals surface area contributed by atoms with Crippen molar-refractivity contribution in [2.24, 2.45) is 0 Å².